The van der Waals surface area contributed by atoms with E-state index >= 15 is 0 Å². The number of carbonyl (C=O) groups is 2. The quantitative estimate of drug-likeness (QED) is 0.293. The zero-order valence-corrected chi connectivity index (χ0v) is 19.0. The van der Waals surface area contributed by atoms with Crippen LogP contribution in [0.1, 0.15) is 52.1 Å². The van der Waals surface area contributed by atoms with Crippen molar-refractivity contribution in [3.05, 3.63) is 58.7 Å². The van der Waals surface area contributed by atoms with Gasteiger partial charge >= 0.3 is 12.4 Å². The van der Waals surface area contributed by atoms with Crippen molar-refractivity contribution in [2.24, 2.45) is 0 Å². The lowest BCUT2D eigenvalue weighted by molar-refractivity contribution is -0.143. The first-order chi connectivity index (χ1) is 15.3. The minimum absolute atomic E-state index is 0.0110. The molecule has 180 valence electrons. The molecule has 33 heavy (non-hydrogen) atoms. The molecule has 2 rings (SSSR count). The smallest absolute Gasteiger partial charge is 0.417 e. The van der Waals surface area contributed by atoms with Crippen molar-refractivity contribution < 1.29 is 45.4 Å². The summed E-state index contributed by atoms with van der Waals surface area (Å²) < 4.78 is 92.2. The van der Waals surface area contributed by atoms with Gasteiger partial charge in [-0.1, -0.05) is 26.0 Å². The molecule has 0 spiro atoms. The number of hydrogen-bond donors (Lipinski definition) is 0. The molecule has 2 aromatic carbocycles. The Balaban J connectivity index is 2.83. The first-order valence-electron chi connectivity index (χ1n) is 9.65. The van der Waals surface area contributed by atoms with Gasteiger partial charge in [-0.3, -0.25) is 9.59 Å². The van der Waals surface area contributed by atoms with Gasteiger partial charge < -0.3 is 9.47 Å². The fourth-order valence-electron chi connectivity index (χ4n) is 3.23. The van der Waals surface area contributed by atoms with Gasteiger partial charge in [0.15, 0.2) is 11.0 Å². The van der Waals surface area contributed by atoms with Gasteiger partial charge in [-0.2, -0.15) is 26.3 Å². The van der Waals surface area contributed by atoms with E-state index in [1.165, 1.54) is 39.3 Å². The Morgan fingerprint density at radius 2 is 1.21 bits per heavy atom. The first kappa shape index (κ1) is 26.6. The van der Waals surface area contributed by atoms with Crippen molar-refractivity contribution >= 4 is 19.0 Å². The van der Waals surface area contributed by atoms with Crippen molar-refractivity contribution in [1.82, 2.24) is 0 Å². The van der Waals surface area contributed by atoms with Crippen LogP contribution in [0.5, 0.6) is 11.5 Å². The summed E-state index contributed by atoms with van der Waals surface area (Å²) in [5, 5.41) is 0. The summed E-state index contributed by atoms with van der Waals surface area (Å²) in [6, 6.07) is 5.65. The van der Waals surface area contributed by atoms with Crippen LogP contribution in [-0.2, 0) is 12.4 Å². The molecule has 0 bridgehead atoms. The zero-order valence-electron chi connectivity index (χ0n) is 18.1. The van der Waals surface area contributed by atoms with Crippen LogP contribution in [0.2, 0.25) is 0 Å². The predicted molar refractivity (Wildman–Crippen MR) is 111 cm³/mol. The van der Waals surface area contributed by atoms with E-state index in [1.807, 2.05) is 0 Å². The molecule has 0 amide bonds. The maximum atomic E-state index is 13.6. The zero-order chi connectivity index (χ0) is 25.1. The molecule has 0 aliphatic carbocycles. The SMILES string of the molecule is CCC(C)P(C(=O)c1c(OC)cccc1OC)C(=O)c1c(C(F)(F)F)cccc1C(F)(F)F. The molecule has 0 aliphatic heterocycles. The third kappa shape index (κ3) is 5.49. The topological polar surface area (TPSA) is 52.6 Å². The van der Waals surface area contributed by atoms with Crippen LogP contribution >= 0.6 is 7.92 Å². The molecule has 2 atom stereocenters. The molecule has 0 aromatic heterocycles. The van der Waals surface area contributed by atoms with Crippen molar-refractivity contribution in [2.75, 3.05) is 14.2 Å². The van der Waals surface area contributed by atoms with Gasteiger partial charge in [-0.25, -0.2) is 0 Å². The molecule has 0 saturated heterocycles. The van der Waals surface area contributed by atoms with Crippen LogP contribution in [-0.4, -0.2) is 30.9 Å². The summed E-state index contributed by atoms with van der Waals surface area (Å²) in [5.41, 5.74) is -8.49. The van der Waals surface area contributed by atoms with Crippen molar-refractivity contribution in [1.29, 1.82) is 0 Å². The average Bonchev–Trinajstić information content (AvgIpc) is 2.76. The van der Waals surface area contributed by atoms with Gasteiger partial charge in [-0.05, 0) is 36.3 Å². The monoisotopic (exact) mass is 494 g/mol. The van der Waals surface area contributed by atoms with Crippen LogP contribution in [0.25, 0.3) is 0 Å². The number of methoxy groups -OCH3 is 2. The normalized spacial score (nSPS) is 13.9. The van der Waals surface area contributed by atoms with E-state index in [2.05, 4.69) is 0 Å². The highest BCUT2D eigenvalue weighted by Gasteiger charge is 2.46. The number of rotatable bonds is 8. The highest BCUT2D eigenvalue weighted by atomic mass is 31.1. The highest BCUT2D eigenvalue weighted by molar-refractivity contribution is 7.90. The Morgan fingerprint density at radius 1 is 0.818 bits per heavy atom. The van der Waals surface area contributed by atoms with Gasteiger partial charge in [0.25, 0.3) is 0 Å². The number of carbonyl (C=O) groups excluding carboxylic acids is 2. The molecular weight excluding hydrogens is 473 g/mol. The number of hydrogen-bond acceptors (Lipinski definition) is 4. The van der Waals surface area contributed by atoms with Crippen molar-refractivity contribution in [2.45, 2.75) is 38.3 Å². The Morgan fingerprint density at radius 3 is 1.58 bits per heavy atom. The van der Waals surface area contributed by atoms with Gasteiger partial charge in [0.2, 0.25) is 0 Å². The van der Waals surface area contributed by atoms with Crippen LogP contribution < -0.4 is 9.47 Å². The Kier molecular flexibility index (Phi) is 8.17. The van der Waals surface area contributed by atoms with E-state index < -0.39 is 53.7 Å². The minimum Gasteiger partial charge on any atom is -0.496 e. The summed E-state index contributed by atoms with van der Waals surface area (Å²) >= 11 is 0. The van der Waals surface area contributed by atoms with Crippen LogP contribution in [0.15, 0.2) is 36.4 Å². The van der Waals surface area contributed by atoms with E-state index in [0.29, 0.717) is 18.2 Å². The fourth-order valence-corrected chi connectivity index (χ4v) is 5.53. The van der Waals surface area contributed by atoms with E-state index in [0.717, 1.165) is 0 Å². The first-order valence-corrected chi connectivity index (χ1v) is 11.1. The average molecular weight is 494 g/mol. The van der Waals surface area contributed by atoms with Crippen molar-refractivity contribution in [3.8, 4) is 11.5 Å². The third-order valence-corrected chi connectivity index (χ3v) is 7.57. The lowest BCUT2D eigenvalue weighted by Gasteiger charge is -2.26. The maximum absolute atomic E-state index is 13.6. The third-order valence-electron chi connectivity index (χ3n) is 5.00. The molecule has 0 fully saturated rings. The van der Waals surface area contributed by atoms with E-state index in [1.54, 1.807) is 6.92 Å². The molecule has 11 heteroatoms. The second kappa shape index (κ2) is 10.1. The minimum atomic E-state index is -5.24. The molecule has 4 nitrogen and oxygen atoms in total. The Labute approximate surface area is 187 Å². The predicted octanol–water partition coefficient (Wildman–Crippen LogP) is 7.00. The Hall–Kier alpha value is -2.61. The molecule has 0 aliphatic rings. The fraction of sp³-hybridized carbons (Fsp3) is 0.364. The van der Waals surface area contributed by atoms with Gasteiger partial charge in [0, 0.05) is 13.5 Å². The maximum Gasteiger partial charge on any atom is 0.417 e. The lowest BCUT2D eigenvalue weighted by atomic mass is 10.0. The summed E-state index contributed by atoms with van der Waals surface area (Å²) in [6.45, 7) is 3.02. The summed E-state index contributed by atoms with van der Waals surface area (Å²) in [4.78, 5) is 26.9. The van der Waals surface area contributed by atoms with Crippen molar-refractivity contribution in [3.63, 3.8) is 0 Å². The molecule has 2 unspecified atom stereocenters. The number of alkyl halides is 6. The molecule has 0 N–H and O–H groups in total. The second-order valence-corrected chi connectivity index (χ2v) is 9.43. The van der Waals surface area contributed by atoms with E-state index in [4.69, 9.17) is 9.47 Å². The number of ether oxygens (including phenoxy) is 2. The molecule has 0 saturated carbocycles. The molecular formula is C22H21F6O4P. The van der Waals surface area contributed by atoms with Crippen LogP contribution in [0.3, 0.4) is 0 Å². The van der Waals surface area contributed by atoms with Gasteiger partial charge in [0.1, 0.15) is 17.1 Å². The number of halogens is 6. The largest absolute Gasteiger partial charge is 0.496 e. The van der Waals surface area contributed by atoms with Gasteiger partial charge in [0.05, 0.1) is 25.3 Å². The highest BCUT2D eigenvalue weighted by Crippen LogP contribution is 2.54. The summed E-state index contributed by atoms with van der Waals surface area (Å²) in [7, 11) is -0.234. The van der Waals surface area contributed by atoms with Crippen LogP contribution in [0, 0.1) is 0 Å². The van der Waals surface area contributed by atoms with E-state index in [-0.39, 0.29) is 23.5 Å². The van der Waals surface area contributed by atoms with Gasteiger partial charge in [-0.15, -0.1) is 0 Å². The lowest BCUT2D eigenvalue weighted by Crippen LogP contribution is -2.23. The Bertz CT molecular complexity index is 978. The summed E-state index contributed by atoms with van der Waals surface area (Å²) in [5.74, 6) is -0.0220. The molecule has 0 heterocycles. The summed E-state index contributed by atoms with van der Waals surface area (Å²) in [6.07, 6.45) is -10.3. The van der Waals surface area contributed by atoms with Crippen LogP contribution in [0.4, 0.5) is 26.3 Å². The molecule has 0 radical (unpaired) electrons. The molecule has 2 aromatic rings. The standard InChI is InChI=1S/C22H21F6O4P/c1-5-12(2)33(20(30)18-15(31-3)10-7-11-16(18)32-4)19(29)17-13(21(23,24)25)8-6-9-14(17)22(26,27)28/h6-12H,5H2,1-4H3. The van der Waals surface area contributed by atoms with E-state index in [9.17, 15) is 35.9 Å². The second-order valence-electron chi connectivity index (χ2n) is 7.00. The number of benzene rings is 2.